The van der Waals surface area contributed by atoms with Crippen molar-refractivity contribution in [2.24, 2.45) is 5.92 Å². The predicted molar refractivity (Wildman–Crippen MR) is 120 cm³/mol. The number of rotatable bonds is 6. The SMILES string of the molecule is O=C(NC1(N2CCCCC2)CCCCC1CCc1ccccc1O)c1ccccc1. The lowest BCUT2D eigenvalue weighted by molar-refractivity contribution is -0.0370. The van der Waals surface area contributed by atoms with Crippen molar-refractivity contribution in [3.05, 3.63) is 65.7 Å². The van der Waals surface area contributed by atoms with Crippen LogP contribution in [0.4, 0.5) is 0 Å². The van der Waals surface area contributed by atoms with Gasteiger partial charge < -0.3 is 10.4 Å². The number of phenols is 1. The minimum atomic E-state index is -0.282. The fourth-order valence-electron chi connectivity index (χ4n) is 5.47. The van der Waals surface area contributed by atoms with Gasteiger partial charge >= 0.3 is 0 Å². The van der Waals surface area contributed by atoms with Gasteiger partial charge in [-0.1, -0.05) is 49.2 Å². The van der Waals surface area contributed by atoms with E-state index in [1.54, 1.807) is 6.07 Å². The number of aromatic hydroxyl groups is 1. The van der Waals surface area contributed by atoms with Crippen molar-refractivity contribution in [3.8, 4) is 5.75 Å². The van der Waals surface area contributed by atoms with Crippen LogP contribution in [0.3, 0.4) is 0 Å². The van der Waals surface area contributed by atoms with Gasteiger partial charge in [0.2, 0.25) is 0 Å². The zero-order valence-electron chi connectivity index (χ0n) is 17.9. The normalized spacial score (nSPS) is 25.0. The van der Waals surface area contributed by atoms with E-state index in [0.717, 1.165) is 56.3 Å². The number of aryl methyl sites for hydroxylation is 1. The number of hydrogen-bond donors (Lipinski definition) is 2. The zero-order valence-corrected chi connectivity index (χ0v) is 17.9. The van der Waals surface area contributed by atoms with Crippen LogP contribution in [0.1, 0.15) is 67.3 Å². The van der Waals surface area contributed by atoms with E-state index in [4.69, 9.17) is 0 Å². The Morgan fingerprint density at radius 2 is 1.70 bits per heavy atom. The van der Waals surface area contributed by atoms with Gasteiger partial charge in [-0.25, -0.2) is 0 Å². The molecule has 30 heavy (non-hydrogen) atoms. The van der Waals surface area contributed by atoms with E-state index in [1.165, 1.54) is 25.7 Å². The minimum absolute atomic E-state index is 0.0376. The molecule has 0 aromatic heterocycles. The van der Waals surface area contributed by atoms with Gasteiger partial charge in [0, 0.05) is 18.7 Å². The average Bonchev–Trinajstić information content (AvgIpc) is 2.80. The number of nitrogens with zero attached hydrogens (tertiary/aromatic N) is 1. The molecule has 4 nitrogen and oxygen atoms in total. The monoisotopic (exact) mass is 406 g/mol. The van der Waals surface area contributed by atoms with Crippen molar-refractivity contribution in [1.29, 1.82) is 0 Å². The third-order valence-corrected chi connectivity index (χ3v) is 7.08. The van der Waals surface area contributed by atoms with Crippen molar-refractivity contribution in [3.63, 3.8) is 0 Å². The Morgan fingerprint density at radius 3 is 2.47 bits per heavy atom. The highest BCUT2D eigenvalue weighted by Crippen LogP contribution is 2.41. The molecule has 1 saturated heterocycles. The van der Waals surface area contributed by atoms with E-state index in [9.17, 15) is 9.90 Å². The molecule has 4 heteroatoms. The first-order valence-corrected chi connectivity index (χ1v) is 11.6. The molecular weight excluding hydrogens is 372 g/mol. The van der Waals surface area contributed by atoms with Crippen LogP contribution in [0.25, 0.3) is 0 Å². The second kappa shape index (κ2) is 9.65. The van der Waals surface area contributed by atoms with Crippen molar-refractivity contribution in [2.75, 3.05) is 13.1 Å². The van der Waals surface area contributed by atoms with Gasteiger partial charge in [-0.3, -0.25) is 9.69 Å². The van der Waals surface area contributed by atoms with Crippen LogP contribution in [0.15, 0.2) is 54.6 Å². The Hall–Kier alpha value is -2.33. The lowest BCUT2D eigenvalue weighted by Crippen LogP contribution is -2.66. The maximum atomic E-state index is 13.3. The summed E-state index contributed by atoms with van der Waals surface area (Å²) >= 11 is 0. The maximum absolute atomic E-state index is 13.3. The molecule has 1 aliphatic carbocycles. The van der Waals surface area contributed by atoms with E-state index in [-0.39, 0.29) is 11.6 Å². The Bertz CT molecular complexity index is 832. The molecule has 0 spiro atoms. The van der Waals surface area contributed by atoms with Gasteiger partial charge in [0.25, 0.3) is 5.91 Å². The first-order valence-electron chi connectivity index (χ1n) is 11.6. The molecule has 160 valence electrons. The summed E-state index contributed by atoms with van der Waals surface area (Å²) in [5, 5.41) is 13.8. The predicted octanol–water partition coefficient (Wildman–Crippen LogP) is 5.13. The summed E-state index contributed by atoms with van der Waals surface area (Å²) in [6, 6.07) is 17.3. The highest BCUT2D eigenvalue weighted by Gasteiger charge is 2.46. The second-order valence-electron chi connectivity index (χ2n) is 8.90. The molecular formula is C26H34N2O2. The van der Waals surface area contributed by atoms with Gasteiger partial charge in [0.1, 0.15) is 5.75 Å². The molecule has 1 amide bonds. The summed E-state index contributed by atoms with van der Waals surface area (Å²) in [7, 11) is 0. The molecule has 0 radical (unpaired) electrons. The van der Waals surface area contributed by atoms with Crippen LogP contribution in [0, 0.1) is 5.92 Å². The summed E-state index contributed by atoms with van der Waals surface area (Å²) in [5.41, 5.74) is 1.46. The number of likely N-dealkylation sites (tertiary alicyclic amines) is 1. The lowest BCUT2D eigenvalue weighted by Gasteiger charge is -2.53. The fourth-order valence-corrected chi connectivity index (χ4v) is 5.47. The number of amides is 1. The number of hydrogen-bond acceptors (Lipinski definition) is 3. The van der Waals surface area contributed by atoms with Crippen LogP contribution in [0.2, 0.25) is 0 Å². The Balaban J connectivity index is 1.59. The maximum Gasteiger partial charge on any atom is 0.252 e. The van der Waals surface area contributed by atoms with E-state index in [2.05, 4.69) is 10.2 Å². The number of carbonyl (C=O) groups is 1. The summed E-state index contributed by atoms with van der Waals surface area (Å²) in [4.78, 5) is 15.8. The van der Waals surface area contributed by atoms with Gasteiger partial charge in [-0.05, 0) is 74.6 Å². The molecule has 2 aromatic carbocycles. The number of para-hydroxylation sites is 1. The van der Waals surface area contributed by atoms with E-state index < -0.39 is 0 Å². The Labute approximate surface area is 180 Å². The van der Waals surface area contributed by atoms with E-state index in [0.29, 0.717) is 11.7 Å². The molecule has 2 aliphatic rings. The smallest absolute Gasteiger partial charge is 0.252 e. The highest BCUT2D eigenvalue weighted by atomic mass is 16.3. The van der Waals surface area contributed by atoms with Crippen LogP contribution >= 0.6 is 0 Å². The molecule has 1 saturated carbocycles. The van der Waals surface area contributed by atoms with Crippen LogP contribution < -0.4 is 5.32 Å². The standard InChI is InChI=1S/C26H34N2O2/c29-24-15-6-5-11-21(24)16-17-23-14-7-8-18-26(23,28-19-9-2-10-20-28)27-25(30)22-12-3-1-4-13-22/h1,3-6,11-13,15,23,29H,2,7-10,14,16-20H2,(H,27,30). The molecule has 2 unspecified atom stereocenters. The molecule has 2 atom stereocenters. The van der Waals surface area contributed by atoms with Gasteiger partial charge in [-0.15, -0.1) is 0 Å². The molecule has 2 aromatic rings. The van der Waals surface area contributed by atoms with Crippen molar-refractivity contribution in [1.82, 2.24) is 10.2 Å². The number of benzene rings is 2. The molecule has 2 N–H and O–H groups in total. The molecule has 1 heterocycles. The summed E-state index contributed by atoms with van der Waals surface area (Å²) < 4.78 is 0. The molecule has 1 aliphatic heterocycles. The van der Waals surface area contributed by atoms with Gasteiger partial charge in [-0.2, -0.15) is 0 Å². The van der Waals surface area contributed by atoms with Gasteiger partial charge in [0.15, 0.2) is 0 Å². The summed E-state index contributed by atoms with van der Waals surface area (Å²) in [6.45, 7) is 2.12. The quantitative estimate of drug-likeness (QED) is 0.699. The van der Waals surface area contributed by atoms with Gasteiger partial charge in [0.05, 0.1) is 5.66 Å². The Morgan fingerprint density at radius 1 is 0.967 bits per heavy atom. The molecule has 0 bridgehead atoms. The average molecular weight is 407 g/mol. The fraction of sp³-hybridized carbons (Fsp3) is 0.500. The number of carbonyl (C=O) groups excluding carboxylic acids is 1. The minimum Gasteiger partial charge on any atom is -0.508 e. The van der Waals surface area contributed by atoms with E-state index >= 15 is 0 Å². The topological polar surface area (TPSA) is 52.6 Å². The molecule has 2 fully saturated rings. The van der Waals surface area contributed by atoms with Crippen molar-refractivity contribution < 1.29 is 9.90 Å². The second-order valence-corrected chi connectivity index (χ2v) is 8.90. The largest absolute Gasteiger partial charge is 0.508 e. The summed E-state index contributed by atoms with van der Waals surface area (Å²) in [5.74, 6) is 0.803. The van der Waals surface area contributed by atoms with Crippen LogP contribution in [-0.2, 0) is 6.42 Å². The number of nitrogens with one attached hydrogen (secondary N) is 1. The number of phenolic OH excluding ortho intramolecular Hbond substituents is 1. The Kier molecular flexibility index (Phi) is 6.73. The zero-order chi connectivity index (χ0) is 20.8. The third kappa shape index (κ3) is 4.54. The van der Waals surface area contributed by atoms with E-state index in [1.807, 2.05) is 48.5 Å². The van der Waals surface area contributed by atoms with Crippen molar-refractivity contribution in [2.45, 2.75) is 63.5 Å². The van der Waals surface area contributed by atoms with Crippen molar-refractivity contribution >= 4 is 5.91 Å². The highest BCUT2D eigenvalue weighted by molar-refractivity contribution is 5.94. The van der Waals surface area contributed by atoms with Crippen LogP contribution in [-0.4, -0.2) is 34.7 Å². The molecule has 4 rings (SSSR count). The third-order valence-electron chi connectivity index (χ3n) is 7.08. The lowest BCUT2D eigenvalue weighted by atomic mass is 9.74. The number of piperidine rings is 1. The first kappa shape index (κ1) is 20.9. The van der Waals surface area contributed by atoms with Crippen LogP contribution in [0.5, 0.6) is 5.75 Å². The summed E-state index contributed by atoms with van der Waals surface area (Å²) in [6.07, 6.45) is 10.0. The first-order chi connectivity index (χ1) is 14.7.